The zero-order chi connectivity index (χ0) is 15.6. The Balaban J connectivity index is 0. The second-order valence-corrected chi connectivity index (χ2v) is 4.02. The van der Waals surface area contributed by atoms with E-state index in [0.29, 0.717) is 13.0 Å². The van der Waals surface area contributed by atoms with Gasteiger partial charge in [-0.25, -0.2) is 0 Å². The molecule has 3 N–H and O–H groups in total. The van der Waals surface area contributed by atoms with Gasteiger partial charge < -0.3 is 15.3 Å². The van der Waals surface area contributed by atoms with Crippen molar-refractivity contribution >= 4 is 5.97 Å². The number of hydroxylamine groups is 2. The van der Waals surface area contributed by atoms with E-state index in [1.54, 1.807) is 0 Å². The number of aliphatic hydroxyl groups is 2. The van der Waals surface area contributed by atoms with Crippen LogP contribution in [0.4, 0.5) is 0 Å². The van der Waals surface area contributed by atoms with Crippen molar-refractivity contribution in [2.75, 3.05) is 33.0 Å². The molecule has 0 rings (SSSR count). The minimum Gasteiger partial charge on any atom is -0.481 e. The number of hydrogen-bond acceptors (Lipinski definition) is 6. The summed E-state index contributed by atoms with van der Waals surface area (Å²) in [6, 6.07) is 0. The number of aliphatic carboxylic acids is 1. The van der Waals surface area contributed by atoms with Crippen LogP contribution in [0, 0.1) is 0 Å². The smallest absolute Gasteiger partial charge is 0.303 e. The molecule has 0 saturated heterocycles. The molecule has 0 aliphatic rings. The molecule has 0 unspecified atom stereocenters. The number of rotatable bonds is 12. The van der Waals surface area contributed by atoms with Crippen molar-refractivity contribution in [1.29, 1.82) is 0 Å². The third-order valence-electron chi connectivity index (χ3n) is 2.09. The summed E-state index contributed by atoms with van der Waals surface area (Å²) in [5.41, 5.74) is 0. The summed E-state index contributed by atoms with van der Waals surface area (Å²) in [7, 11) is 0. The molecule has 0 atom stereocenters. The number of aliphatic hydroxyl groups excluding tert-OH is 2. The van der Waals surface area contributed by atoms with Gasteiger partial charge in [-0.1, -0.05) is 31.9 Å². The summed E-state index contributed by atoms with van der Waals surface area (Å²) in [5.74, 6) is -0.693. The summed E-state index contributed by atoms with van der Waals surface area (Å²) in [5, 5.41) is 26.4. The van der Waals surface area contributed by atoms with Crippen molar-refractivity contribution in [2.24, 2.45) is 0 Å². The van der Waals surface area contributed by atoms with Gasteiger partial charge in [-0.2, -0.15) is 0 Å². The van der Waals surface area contributed by atoms with Crippen LogP contribution in [-0.4, -0.2) is 59.5 Å². The van der Waals surface area contributed by atoms with Gasteiger partial charge >= 0.3 is 5.97 Å². The van der Waals surface area contributed by atoms with E-state index in [-0.39, 0.29) is 26.4 Å². The Labute approximate surface area is 121 Å². The molecule has 0 saturated carbocycles. The Morgan fingerprint density at radius 3 is 1.80 bits per heavy atom. The van der Waals surface area contributed by atoms with Crippen LogP contribution in [0.15, 0.2) is 0 Å². The third-order valence-corrected chi connectivity index (χ3v) is 2.09. The normalized spacial score (nSPS) is 10.2. The lowest BCUT2D eigenvalue weighted by atomic mass is 10.3. The fourth-order valence-electron chi connectivity index (χ4n) is 1.07. The highest BCUT2D eigenvalue weighted by Gasteiger charge is 2.04. The second kappa shape index (κ2) is 18.3. The first kappa shape index (κ1) is 21.6. The van der Waals surface area contributed by atoms with Gasteiger partial charge in [-0.15, -0.1) is 0 Å². The van der Waals surface area contributed by atoms with Crippen LogP contribution in [0.2, 0.25) is 0 Å². The van der Waals surface area contributed by atoms with E-state index in [9.17, 15) is 4.79 Å². The molecule has 0 spiro atoms. The Bertz CT molecular complexity index is 184. The predicted molar refractivity (Wildman–Crippen MR) is 74.9 cm³/mol. The minimum atomic E-state index is -0.693. The molecule has 0 fully saturated rings. The fourth-order valence-corrected chi connectivity index (χ4v) is 1.07. The number of carboxylic acids is 1. The minimum absolute atomic E-state index is 0.0366. The van der Waals surface area contributed by atoms with Gasteiger partial charge in [0.25, 0.3) is 0 Å². The van der Waals surface area contributed by atoms with Crippen molar-refractivity contribution in [3.8, 4) is 0 Å². The molecule has 0 aromatic carbocycles. The molecule has 0 heterocycles. The number of nitrogens with zero attached hydrogens (tertiary/aromatic N) is 1. The van der Waals surface area contributed by atoms with Crippen LogP contribution in [-0.2, 0) is 14.5 Å². The van der Waals surface area contributed by atoms with E-state index in [0.717, 1.165) is 25.7 Å². The molecule has 0 radical (unpaired) electrons. The number of hydrogen-bond donors (Lipinski definition) is 3. The van der Waals surface area contributed by atoms with Gasteiger partial charge in [0.05, 0.1) is 33.0 Å². The molecule has 0 aromatic heterocycles. The van der Waals surface area contributed by atoms with Crippen molar-refractivity contribution in [2.45, 2.75) is 46.0 Å². The molecular weight excluding hydrogens is 266 g/mol. The molecule has 122 valence electrons. The average Bonchev–Trinajstić information content (AvgIpc) is 2.45. The predicted octanol–water partition coefficient (Wildman–Crippen LogP) is 1.20. The van der Waals surface area contributed by atoms with Gasteiger partial charge in [-0.05, 0) is 12.8 Å². The Hall–Kier alpha value is -0.730. The molecule has 20 heavy (non-hydrogen) atoms. The highest BCUT2D eigenvalue weighted by atomic mass is 16.9. The maximum absolute atomic E-state index is 9.76. The summed E-state index contributed by atoms with van der Waals surface area (Å²) < 4.78 is 0. The zero-order valence-electron chi connectivity index (χ0n) is 12.6. The maximum atomic E-state index is 9.76. The number of unbranched alkanes of at least 4 members (excludes halogenated alkanes) is 2. The lowest BCUT2D eigenvalue weighted by molar-refractivity contribution is -0.371. The van der Waals surface area contributed by atoms with E-state index in [2.05, 4.69) is 6.92 Å². The van der Waals surface area contributed by atoms with Crippen molar-refractivity contribution in [3.05, 3.63) is 0 Å². The number of carboxylic acid groups (broad SMARTS) is 1. The highest BCUT2D eigenvalue weighted by Crippen LogP contribution is 1.97. The first-order chi connectivity index (χ1) is 9.62. The molecule has 0 amide bonds. The van der Waals surface area contributed by atoms with E-state index in [1.165, 1.54) is 5.23 Å². The third kappa shape index (κ3) is 19.6. The van der Waals surface area contributed by atoms with Crippen molar-refractivity contribution < 1.29 is 29.8 Å². The van der Waals surface area contributed by atoms with Crippen LogP contribution in [0.3, 0.4) is 0 Å². The molecular formula is C13H29NO6. The SMILES string of the molecule is CCCCC(=O)O.CCCCN(OCCO)OCCO. The standard InChI is InChI=1S/C8H19NO4.C5H10O2/c1-2-3-4-9(12-7-5-10)13-8-6-11;1-2-3-4-5(6)7/h10-11H,2-8H2,1H3;2-4H2,1H3,(H,6,7). The van der Waals surface area contributed by atoms with Crippen LogP contribution >= 0.6 is 0 Å². The Kier molecular flexibility index (Phi) is 19.7. The van der Waals surface area contributed by atoms with E-state index in [4.69, 9.17) is 25.0 Å². The molecule has 0 aliphatic carbocycles. The van der Waals surface area contributed by atoms with E-state index < -0.39 is 5.97 Å². The van der Waals surface area contributed by atoms with E-state index >= 15 is 0 Å². The first-order valence-electron chi connectivity index (χ1n) is 7.09. The Morgan fingerprint density at radius 1 is 1.00 bits per heavy atom. The molecule has 7 nitrogen and oxygen atoms in total. The highest BCUT2D eigenvalue weighted by molar-refractivity contribution is 5.66. The molecule has 0 bridgehead atoms. The van der Waals surface area contributed by atoms with Crippen molar-refractivity contribution in [3.63, 3.8) is 0 Å². The molecule has 0 aromatic rings. The second-order valence-electron chi connectivity index (χ2n) is 4.02. The van der Waals surface area contributed by atoms with Gasteiger partial charge in [0.2, 0.25) is 0 Å². The van der Waals surface area contributed by atoms with Crippen LogP contribution < -0.4 is 0 Å². The monoisotopic (exact) mass is 295 g/mol. The van der Waals surface area contributed by atoms with Gasteiger partial charge in [0, 0.05) is 6.42 Å². The summed E-state index contributed by atoms with van der Waals surface area (Å²) >= 11 is 0. The lowest BCUT2D eigenvalue weighted by Gasteiger charge is -2.19. The summed E-state index contributed by atoms with van der Waals surface area (Å²) in [4.78, 5) is 19.8. The van der Waals surface area contributed by atoms with E-state index in [1.807, 2.05) is 6.92 Å². The zero-order valence-corrected chi connectivity index (χ0v) is 12.6. The lowest BCUT2D eigenvalue weighted by Crippen LogP contribution is -2.28. The largest absolute Gasteiger partial charge is 0.481 e. The van der Waals surface area contributed by atoms with Crippen LogP contribution in [0.5, 0.6) is 0 Å². The quantitative estimate of drug-likeness (QED) is 0.465. The van der Waals surface area contributed by atoms with Crippen LogP contribution in [0.1, 0.15) is 46.0 Å². The summed E-state index contributed by atoms with van der Waals surface area (Å²) in [6.07, 6.45) is 4.08. The van der Waals surface area contributed by atoms with Crippen molar-refractivity contribution in [1.82, 2.24) is 5.23 Å². The van der Waals surface area contributed by atoms with Gasteiger partial charge in [0.1, 0.15) is 0 Å². The number of carbonyl (C=O) groups is 1. The molecule has 0 aliphatic heterocycles. The Morgan fingerprint density at radius 2 is 1.50 bits per heavy atom. The topological polar surface area (TPSA) is 99.5 Å². The average molecular weight is 295 g/mol. The first-order valence-corrected chi connectivity index (χ1v) is 7.09. The molecule has 7 heteroatoms. The van der Waals surface area contributed by atoms with Gasteiger partial charge in [0.15, 0.2) is 0 Å². The maximum Gasteiger partial charge on any atom is 0.303 e. The van der Waals surface area contributed by atoms with Gasteiger partial charge in [-0.3, -0.25) is 14.5 Å². The summed E-state index contributed by atoms with van der Waals surface area (Å²) in [6.45, 7) is 5.05. The fraction of sp³-hybridized carbons (Fsp3) is 0.923. The van der Waals surface area contributed by atoms with Crippen LogP contribution in [0.25, 0.3) is 0 Å².